The molecule has 0 radical (unpaired) electrons. The van der Waals surface area contributed by atoms with Crippen molar-refractivity contribution in [3.63, 3.8) is 0 Å². The van der Waals surface area contributed by atoms with Crippen LogP contribution in [0.25, 0.3) is 11.0 Å². The molecule has 1 N–H and O–H groups in total. The van der Waals surface area contributed by atoms with E-state index in [1.807, 2.05) is 0 Å². The van der Waals surface area contributed by atoms with E-state index in [1.165, 1.54) is 4.57 Å². The fraction of sp³-hybridized carbons (Fsp3) is 0.500. The summed E-state index contributed by atoms with van der Waals surface area (Å²) < 4.78 is 6.77. The minimum atomic E-state index is -0.304. The van der Waals surface area contributed by atoms with Gasteiger partial charge in [-0.3, -0.25) is 4.57 Å². The Balaban J connectivity index is 2.18. The lowest BCUT2D eigenvalue weighted by Gasteiger charge is -2.36. The fourth-order valence-electron chi connectivity index (χ4n) is 2.77. The molecule has 3 heterocycles. The van der Waals surface area contributed by atoms with Crippen LogP contribution in [0.2, 0.25) is 5.15 Å². The third kappa shape index (κ3) is 2.67. The number of piperazine rings is 1. The molecule has 118 valence electrons. The number of nitrogens with zero attached hydrogens (tertiary/aromatic N) is 4. The van der Waals surface area contributed by atoms with E-state index in [9.17, 15) is 4.79 Å². The van der Waals surface area contributed by atoms with Crippen molar-refractivity contribution in [3.8, 4) is 0 Å². The lowest BCUT2D eigenvalue weighted by atomic mass is 10.2. The number of hydrogen-bond acceptors (Lipinski definition) is 6. The average Bonchev–Trinajstić information content (AvgIpc) is 2.52. The first kappa shape index (κ1) is 15.2. The number of ether oxygens (including phenoxy) is 1. The summed E-state index contributed by atoms with van der Waals surface area (Å²) in [5, 5.41) is 3.71. The zero-order chi connectivity index (χ0) is 15.7. The van der Waals surface area contributed by atoms with Crippen molar-refractivity contribution in [1.82, 2.24) is 19.9 Å². The smallest absolute Gasteiger partial charge is 0.349 e. The molecule has 1 fully saturated rings. The molecule has 2 aromatic heterocycles. The molecule has 1 atom stereocenters. The third-order valence-electron chi connectivity index (χ3n) is 3.88. The van der Waals surface area contributed by atoms with Gasteiger partial charge in [-0.2, -0.15) is 4.98 Å². The van der Waals surface area contributed by atoms with Crippen LogP contribution in [0.1, 0.15) is 0 Å². The van der Waals surface area contributed by atoms with Crippen LogP contribution in [0.15, 0.2) is 16.9 Å². The van der Waals surface area contributed by atoms with E-state index in [1.54, 1.807) is 26.3 Å². The van der Waals surface area contributed by atoms with E-state index < -0.39 is 0 Å². The molecule has 7 nitrogen and oxygen atoms in total. The Kier molecular flexibility index (Phi) is 4.28. The summed E-state index contributed by atoms with van der Waals surface area (Å²) in [5.74, 6) is 0.573. The number of nitrogens with one attached hydrogen (secondary N) is 1. The number of hydrogen-bond donors (Lipinski definition) is 1. The van der Waals surface area contributed by atoms with Crippen molar-refractivity contribution in [3.05, 3.63) is 27.8 Å². The van der Waals surface area contributed by atoms with Gasteiger partial charge in [0.2, 0.25) is 0 Å². The first-order valence-electron chi connectivity index (χ1n) is 7.11. The Hall–Kier alpha value is -1.70. The van der Waals surface area contributed by atoms with E-state index in [0.717, 1.165) is 19.6 Å². The number of fused-ring (bicyclic) bond motifs is 1. The zero-order valence-corrected chi connectivity index (χ0v) is 13.3. The Bertz CT molecular complexity index is 746. The van der Waals surface area contributed by atoms with Gasteiger partial charge >= 0.3 is 5.69 Å². The Labute approximate surface area is 132 Å². The van der Waals surface area contributed by atoms with E-state index >= 15 is 0 Å². The summed E-state index contributed by atoms with van der Waals surface area (Å²) in [7, 11) is 3.35. The highest BCUT2D eigenvalue weighted by atomic mass is 35.5. The summed E-state index contributed by atoms with van der Waals surface area (Å²) in [6.07, 6.45) is 0. The molecule has 1 aliphatic heterocycles. The molecule has 1 unspecified atom stereocenters. The van der Waals surface area contributed by atoms with Gasteiger partial charge < -0.3 is 15.0 Å². The predicted molar refractivity (Wildman–Crippen MR) is 85.7 cm³/mol. The highest BCUT2D eigenvalue weighted by molar-refractivity contribution is 6.29. The van der Waals surface area contributed by atoms with E-state index in [2.05, 4.69) is 20.2 Å². The molecule has 0 aliphatic carbocycles. The minimum Gasteiger partial charge on any atom is -0.383 e. The molecule has 22 heavy (non-hydrogen) atoms. The van der Waals surface area contributed by atoms with Crippen LogP contribution in [-0.4, -0.2) is 53.9 Å². The summed E-state index contributed by atoms with van der Waals surface area (Å²) in [4.78, 5) is 22.9. The maximum atomic E-state index is 12.2. The molecule has 8 heteroatoms. The molecule has 0 bridgehead atoms. The second-order valence-corrected chi connectivity index (χ2v) is 5.67. The zero-order valence-electron chi connectivity index (χ0n) is 12.5. The van der Waals surface area contributed by atoms with Crippen molar-refractivity contribution in [2.45, 2.75) is 6.04 Å². The van der Waals surface area contributed by atoms with Gasteiger partial charge in [0, 0.05) is 33.8 Å². The van der Waals surface area contributed by atoms with E-state index in [0.29, 0.717) is 28.6 Å². The van der Waals surface area contributed by atoms with E-state index in [-0.39, 0.29) is 11.7 Å². The van der Waals surface area contributed by atoms with Crippen molar-refractivity contribution in [2.24, 2.45) is 7.05 Å². The summed E-state index contributed by atoms with van der Waals surface area (Å²) in [6.45, 7) is 2.87. The second kappa shape index (κ2) is 6.20. The van der Waals surface area contributed by atoms with Crippen LogP contribution in [-0.2, 0) is 11.8 Å². The van der Waals surface area contributed by atoms with Gasteiger partial charge in [0.25, 0.3) is 0 Å². The number of methoxy groups -OCH3 is 1. The van der Waals surface area contributed by atoms with Crippen LogP contribution in [0.5, 0.6) is 0 Å². The van der Waals surface area contributed by atoms with Crippen molar-refractivity contribution in [1.29, 1.82) is 0 Å². The lowest BCUT2D eigenvalue weighted by molar-refractivity contribution is 0.170. The number of anilines is 1. The van der Waals surface area contributed by atoms with Crippen LogP contribution >= 0.6 is 11.6 Å². The molecular formula is C14H18ClN5O2. The average molecular weight is 324 g/mol. The van der Waals surface area contributed by atoms with Gasteiger partial charge in [0.1, 0.15) is 10.7 Å². The molecule has 2 aromatic rings. The molecule has 0 spiro atoms. The number of aryl methyl sites for hydroxylation is 1. The summed E-state index contributed by atoms with van der Waals surface area (Å²) in [6, 6.07) is 3.57. The topological polar surface area (TPSA) is 72.3 Å². The first-order chi connectivity index (χ1) is 10.6. The minimum absolute atomic E-state index is 0.0994. The van der Waals surface area contributed by atoms with Gasteiger partial charge in [-0.25, -0.2) is 9.78 Å². The molecule has 3 rings (SSSR count). The number of halogens is 1. The van der Waals surface area contributed by atoms with Crippen LogP contribution < -0.4 is 15.9 Å². The normalized spacial score (nSPS) is 18.9. The quantitative estimate of drug-likeness (QED) is 0.825. The Morgan fingerprint density at radius 2 is 2.27 bits per heavy atom. The second-order valence-electron chi connectivity index (χ2n) is 5.29. The lowest BCUT2D eigenvalue weighted by Crippen LogP contribution is -2.54. The standard InChI is InChI=1S/C14H18ClN5O2/c1-19-10-3-4-11(15)17-12(10)13(18-14(19)21)20-6-5-16-7-9(20)8-22-2/h3-4,9,16H,5-8H2,1-2H3. The highest BCUT2D eigenvalue weighted by Gasteiger charge is 2.26. The number of rotatable bonds is 3. The maximum absolute atomic E-state index is 12.2. The van der Waals surface area contributed by atoms with Gasteiger partial charge in [0.15, 0.2) is 5.82 Å². The predicted octanol–water partition coefficient (Wildman–Crippen LogP) is 0.407. The fourth-order valence-corrected chi connectivity index (χ4v) is 2.91. The monoisotopic (exact) mass is 323 g/mol. The molecule has 0 saturated carbocycles. The first-order valence-corrected chi connectivity index (χ1v) is 7.49. The van der Waals surface area contributed by atoms with Gasteiger partial charge in [-0.15, -0.1) is 0 Å². The Morgan fingerprint density at radius 3 is 3.05 bits per heavy atom. The maximum Gasteiger partial charge on any atom is 0.349 e. The van der Waals surface area contributed by atoms with Crippen molar-refractivity contribution >= 4 is 28.5 Å². The van der Waals surface area contributed by atoms with Crippen LogP contribution in [0, 0.1) is 0 Å². The van der Waals surface area contributed by atoms with Crippen LogP contribution in [0.4, 0.5) is 5.82 Å². The molecule has 0 amide bonds. The van der Waals surface area contributed by atoms with Crippen molar-refractivity contribution in [2.75, 3.05) is 38.3 Å². The molecular weight excluding hydrogens is 306 g/mol. The Morgan fingerprint density at radius 1 is 1.45 bits per heavy atom. The summed E-state index contributed by atoms with van der Waals surface area (Å²) in [5.41, 5.74) is 1.05. The number of aromatic nitrogens is 3. The van der Waals surface area contributed by atoms with Gasteiger partial charge in [-0.1, -0.05) is 11.6 Å². The molecule has 0 aromatic carbocycles. The molecule has 1 aliphatic rings. The SMILES string of the molecule is COCC1CNCCN1c1nc(=O)n(C)c2ccc(Cl)nc12. The van der Waals surface area contributed by atoms with Crippen LogP contribution in [0.3, 0.4) is 0 Å². The highest BCUT2D eigenvalue weighted by Crippen LogP contribution is 2.25. The van der Waals surface area contributed by atoms with Gasteiger partial charge in [-0.05, 0) is 12.1 Å². The van der Waals surface area contributed by atoms with Gasteiger partial charge in [0.05, 0.1) is 18.2 Å². The van der Waals surface area contributed by atoms with E-state index in [4.69, 9.17) is 16.3 Å². The number of pyridine rings is 1. The third-order valence-corrected chi connectivity index (χ3v) is 4.09. The summed E-state index contributed by atoms with van der Waals surface area (Å²) >= 11 is 6.04. The largest absolute Gasteiger partial charge is 0.383 e. The van der Waals surface area contributed by atoms with Crippen molar-refractivity contribution < 1.29 is 4.74 Å². The molecule has 1 saturated heterocycles.